The van der Waals surface area contributed by atoms with Crippen molar-refractivity contribution in [2.45, 2.75) is 13.2 Å². The van der Waals surface area contributed by atoms with Gasteiger partial charge in [-0.3, -0.25) is 4.98 Å². The van der Waals surface area contributed by atoms with Gasteiger partial charge in [-0.2, -0.15) is 0 Å². The van der Waals surface area contributed by atoms with Crippen LogP contribution in [-0.4, -0.2) is 12.1 Å². The highest BCUT2D eigenvalue weighted by atomic mass is 35.5. The lowest BCUT2D eigenvalue weighted by molar-refractivity contribution is 0.304. The maximum atomic E-state index is 5.84. The van der Waals surface area contributed by atoms with E-state index in [-0.39, 0.29) is 0 Å². The molecule has 1 aromatic heterocycles. The van der Waals surface area contributed by atoms with E-state index in [1.807, 2.05) is 18.2 Å². The van der Waals surface area contributed by atoms with Crippen LogP contribution in [0.4, 0.5) is 0 Å². The molecular weight excluding hydrogens is 264 g/mol. The molecule has 1 aromatic carbocycles. The van der Waals surface area contributed by atoms with Crippen molar-refractivity contribution in [3.8, 4) is 11.5 Å². The number of benzene rings is 1. The Bertz CT molecular complexity index is 561. The molecule has 0 amide bonds. The molecule has 0 radical (unpaired) electrons. The smallest absolute Gasteiger partial charge is 0.139 e. The van der Waals surface area contributed by atoms with Crippen molar-refractivity contribution >= 4 is 11.6 Å². The zero-order valence-corrected chi connectivity index (χ0v) is 11.4. The van der Waals surface area contributed by atoms with E-state index in [1.165, 1.54) is 0 Å². The third-order valence-corrected chi connectivity index (χ3v) is 2.86. The van der Waals surface area contributed by atoms with E-state index in [9.17, 15) is 0 Å². The fraction of sp³-hybridized carbons (Fsp3) is 0.214. The van der Waals surface area contributed by atoms with Gasteiger partial charge in [-0.25, -0.2) is 0 Å². The van der Waals surface area contributed by atoms with Gasteiger partial charge >= 0.3 is 0 Å². The molecular formula is C14H15ClN2O2. The van der Waals surface area contributed by atoms with Gasteiger partial charge in [-0.05, 0) is 17.7 Å². The second-order valence-corrected chi connectivity index (χ2v) is 4.41. The molecule has 2 N–H and O–H groups in total. The second-order valence-electron chi connectivity index (χ2n) is 3.98. The monoisotopic (exact) mass is 278 g/mol. The molecule has 19 heavy (non-hydrogen) atoms. The number of hydrogen-bond acceptors (Lipinski definition) is 4. The Labute approximate surface area is 117 Å². The normalized spacial score (nSPS) is 10.3. The number of nitrogens with two attached hydrogens (primary N) is 1. The molecule has 0 saturated carbocycles. The van der Waals surface area contributed by atoms with Crippen LogP contribution in [0.1, 0.15) is 11.1 Å². The Morgan fingerprint density at radius 1 is 1.26 bits per heavy atom. The van der Waals surface area contributed by atoms with Crippen molar-refractivity contribution in [1.82, 2.24) is 4.98 Å². The number of methoxy groups -OCH3 is 1. The molecule has 0 bridgehead atoms. The van der Waals surface area contributed by atoms with E-state index in [1.54, 1.807) is 25.6 Å². The predicted octanol–water partition coefficient (Wildman–Crippen LogP) is 2.78. The van der Waals surface area contributed by atoms with Crippen molar-refractivity contribution in [2.24, 2.45) is 5.73 Å². The van der Waals surface area contributed by atoms with Crippen LogP contribution in [0.2, 0.25) is 5.02 Å². The molecule has 0 aliphatic heterocycles. The first-order valence-electron chi connectivity index (χ1n) is 5.82. The summed E-state index contributed by atoms with van der Waals surface area (Å²) in [6, 6.07) is 7.52. The van der Waals surface area contributed by atoms with Crippen molar-refractivity contribution in [3.63, 3.8) is 0 Å². The topological polar surface area (TPSA) is 57.4 Å². The number of aromatic nitrogens is 1. The van der Waals surface area contributed by atoms with E-state index < -0.39 is 0 Å². The average molecular weight is 279 g/mol. The van der Waals surface area contributed by atoms with Gasteiger partial charge in [0.2, 0.25) is 0 Å². The number of pyridine rings is 1. The summed E-state index contributed by atoms with van der Waals surface area (Å²) in [6.07, 6.45) is 3.19. The summed E-state index contributed by atoms with van der Waals surface area (Å²) in [7, 11) is 1.63. The Hall–Kier alpha value is -1.78. The number of hydrogen-bond donors (Lipinski definition) is 1. The summed E-state index contributed by atoms with van der Waals surface area (Å²) < 4.78 is 10.8. The van der Waals surface area contributed by atoms with E-state index >= 15 is 0 Å². The number of ether oxygens (including phenoxy) is 2. The maximum absolute atomic E-state index is 5.84. The first-order valence-corrected chi connectivity index (χ1v) is 6.20. The molecule has 0 aliphatic rings. The van der Waals surface area contributed by atoms with Gasteiger partial charge in [0.05, 0.1) is 18.3 Å². The quantitative estimate of drug-likeness (QED) is 0.914. The van der Waals surface area contributed by atoms with E-state index in [2.05, 4.69) is 4.98 Å². The van der Waals surface area contributed by atoms with E-state index in [4.69, 9.17) is 26.8 Å². The van der Waals surface area contributed by atoms with Gasteiger partial charge in [0.25, 0.3) is 0 Å². The number of nitrogens with zero attached hydrogens (tertiary/aromatic N) is 1. The Balaban J connectivity index is 2.07. The van der Waals surface area contributed by atoms with Crippen LogP contribution in [0.3, 0.4) is 0 Å². The van der Waals surface area contributed by atoms with Gasteiger partial charge in [0, 0.05) is 24.4 Å². The Morgan fingerprint density at radius 2 is 2.11 bits per heavy atom. The van der Waals surface area contributed by atoms with Gasteiger partial charge in [-0.15, -0.1) is 0 Å². The highest BCUT2D eigenvalue weighted by Crippen LogP contribution is 2.21. The maximum Gasteiger partial charge on any atom is 0.139 e. The predicted molar refractivity (Wildman–Crippen MR) is 74.5 cm³/mol. The van der Waals surface area contributed by atoms with Gasteiger partial charge in [0.1, 0.15) is 18.1 Å². The highest BCUT2D eigenvalue weighted by Gasteiger charge is 2.04. The summed E-state index contributed by atoms with van der Waals surface area (Å²) in [5.74, 6) is 1.42. The van der Waals surface area contributed by atoms with Crippen LogP contribution < -0.4 is 15.2 Å². The summed E-state index contributed by atoms with van der Waals surface area (Å²) in [5, 5.41) is 0.551. The molecule has 0 spiro atoms. The standard InChI is InChI=1S/C14H15ClN2O2/c1-18-14-3-2-10(4-11(14)6-16)9-19-13-5-12(15)7-17-8-13/h2-5,7-8H,6,9,16H2,1H3. The largest absolute Gasteiger partial charge is 0.496 e. The average Bonchev–Trinajstić information content (AvgIpc) is 2.45. The first kappa shape index (κ1) is 13.6. The number of halogens is 1. The molecule has 2 rings (SSSR count). The van der Waals surface area contributed by atoms with Crippen LogP contribution in [0.15, 0.2) is 36.7 Å². The third kappa shape index (κ3) is 3.59. The van der Waals surface area contributed by atoms with Crippen molar-refractivity contribution < 1.29 is 9.47 Å². The fourth-order valence-corrected chi connectivity index (χ4v) is 1.88. The van der Waals surface area contributed by atoms with E-state index in [0.717, 1.165) is 16.9 Å². The molecule has 4 nitrogen and oxygen atoms in total. The molecule has 100 valence electrons. The molecule has 0 atom stereocenters. The Kier molecular flexibility index (Phi) is 4.60. The van der Waals surface area contributed by atoms with Crippen LogP contribution in [0.5, 0.6) is 11.5 Å². The number of rotatable bonds is 5. The lowest BCUT2D eigenvalue weighted by Gasteiger charge is -2.10. The third-order valence-electron chi connectivity index (χ3n) is 2.65. The van der Waals surface area contributed by atoms with Crippen LogP contribution >= 0.6 is 11.6 Å². The van der Waals surface area contributed by atoms with Crippen molar-refractivity contribution in [1.29, 1.82) is 0 Å². The summed E-state index contributed by atoms with van der Waals surface area (Å²) >= 11 is 5.84. The molecule has 2 aromatic rings. The minimum absolute atomic E-state index is 0.426. The van der Waals surface area contributed by atoms with Crippen LogP contribution in [0, 0.1) is 0 Å². The Morgan fingerprint density at radius 3 is 2.79 bits per heavy atom. The van der Waals surface area contributed by atoms with Gasteiger partial charge < -0.3 is 15.2 Å². The molecule has 1 heterocycles. The fourth-order valence-electron chi connectivity index (χ4n) is 1.72. The molecule has 5 heteroatoms. The summed E-state index contributed by atoms with van der Waals surface area (Å²) in [4.78, 5) is 3.96. The zero-order valence-electron chi connectivity index (χ0n) is 10.6. The molecule has 0 saturated heterocycles. The van der Waals surface area contributed by atoms with Gasteiger partial charge in [0.15, 0.2) is 0 Å². The first-order chi connectivity index (χ1) is 9.22. The summed E-state index contributed by atoms with van der Waals surface area (Å²) in [5.41, 5.74) is 7.64. The molecule has 0 aliphatic carbocycles. The zero-order chi connectivity index (χ0) is 13.7. The van der Waals surface area contributed by atoms with Crippen LogP contribution in [0.25, 0.3) is 0 Å². The molecule has 0 fully saturated rings. The second kappa shape index (κ2) is 6.41. The van der Waals surface area contributed by atoms with E-state index in [0.29, 0.717) is 23.9 Å². The molecule has 0 unspecified atom stereocenters. The van der Waals surface area contributed by atoms with Crippen molar-refractivity contribution in [3.05, 3.63) is 52.8 Å². The SMILES string of the molecule is COc1ccc(COc2cncc(Cl)c2)cc1CN. The minimum Gasteiger partial charge on any atom is -0.496 e. The minimum atomic E-state index is 0.426. The highest BCUT2D eigenvalue weighted by molar-refractivity contribution is 6.30. The van der Waals surface area contributed by atoms with Gasteiger partial charge in [-0.1, -0.05) is 17.7 Å². The lowest BCUT2D eigenvalue weighted by atomic mass is 10.1. The summed E-state index contributed by atoms with van der Waals surface area (Å²) in [6.45, 7) is 0.856. The lowest BCUT2D eigenvalue weighted by Crippen LogP contribution is -2.02. The van der Waals surface area contributed by atoms with Crippen molar-refractivity contribution in [2.75, 3.05) is 7.11 Å². The van der Waals surface area contributed by atoms with Crippen LogP contribution in [-0.2, 0) is 13.2 Å².